The second-order valence-electron chi connectivity index (χ2n) is 13.1. The maximum atomic E-state index is 13.1. The predicted octanol–water partition coefficient (Wildman–Crippen LogP) is 7.52. The van der Waals surface area contributed by atoms with Crippen molar-refractivity contribution in [3.63, 3.8) is 0 Å². The van der Waals surface area contributed by atoms with Crippen molar-refractivity contribution in [2.75, 3.05) is 0 Å². The number of aliphatic hydroxyl groups excluding tert-OH is 1. The van der Waals surface area contributed by atoms with Crippen molar-refractivity contribution in [1.82, 2.24) is 9.97 Å². The fraction of sp³-hybridized carbons (Fsp3) is 0.667. The number of halogens is 3. The van der Waals surface area contributed by atoms with Crippen molar-refractivity contribution < 1.29 is 23.0 Å². The van der Waals surface area contributed by atoms with E-state index in [0.717, 1.165) is 47.6 Å². The van der Waals surface area contributed by atoms with Crippen molar-refractivity contribution in [1.29, 1.82) is 0 Å². The van der Waals surface area contributed by atoms with Crippen molar-refractivity contribution >= 4 is 0 Å². The summed E-state index contributed by atoms with van der Waals surface area (Å²) < 4.78 is 44.7. The zero-order valence-corrected chi connectivity index (χ0v) is 23.4. The Balaban J connectivity index is 1.84. The SMILES string of the molecule is Cc1c2c(nc(C(C)C)c1C(O)c1ccc(C(F)(F)F)cn1)CC1(CCC1)CC2[OH+]C(C)(C)C(C)(C)C. The molecule has 1 saturated carbocycles. The average Bonchev–Trinajstić information content (AvgIpc) is 2.75. The number of aromatic nitrogens is 2. The zero-order valence-electron chi connectivity index (χ0n) is 23.4. The molecule has 204 valence electrons. The number of nitrogens with zero attached hydrogens (tertiary/aromatic N) is 2. The van der Waals surface area contributed by atoms with E-state index < -0.39 is 17.8 Å². The van der Waals surface area contributed by atoms with Gasteiger partial charge in [0.05, 0.1) is 22.5 Å². The number of alkyl halides is 3. The molecule has 1 spiro atoms. The first kappa shape index (κ1) is 28.0. The van der Waals surface area contributed by atoms with Gasteiger partial charge < -0.3 is 9.84 Å². The molecule has 2 aliphatic rings. The highest BCUT2D eigenvalue weighted by Gasteiger charge is 2.51. The minimum Gasteiger partial charge on any atom is -0.423 e. The molecule has 2 aliphatic carbocycles. The summed E-state index contributed by atoms with van der Waals surface area (Å²) in [6.45, 7) is 17.1. The Hall–Kier alpha value is -1.99. The Bertz CT molecular complexity index is 1140. The minimum atomic E-state index is -4.48. The first-order chi connectivity index (χ1) is 17.0. The topological polar surface area (TPSA) is 58.8 Å². The van der Waals surface area contributed by atoms with Crippen LogP contribution in [-0.2, 0) is 12.6 Å². The van der Waals surface area contributed by atoms with Crippen LogP contribution >= 0.6 is 0 Å². The maximum Gasteiger partial charge on any atom is 0.417 e. The van der Waals surface area contributed by atoms with Crippen LogP contribution in [0.1, 0.15) is 132 Å². The number of ether oxygens (including phenoxy) is 1. The van der Waals surface area contributed by atoms with Gasteiger partial charge >= 0.3 is 6.18 Å². The highest BCUT2D eigenvalue weighted by atomic mass is 19.4. The number of hydrogen-bond donors (Lipinski definition) is 1. The summed E-state index contributed by atoms with van der Waals surface area (Å²) in [5.74, 6) is 0.0313. The molecule has 0 radical (unpaired) electrons. The lowest BCUT2D eigenvalue weighted by molar-refractivity contribution is -0.268. The Morgan fingerprint density at radius 3 is 2.19 bits per heavy atom. The molecule has 2 N–H and O–H groups in total. The summed E-state index contributed by atoms with van der Waals surface area (Å²) in [6.07, 6.45) is 0.590. The molecule has 37 heavy (non-hydrogen) atoms. The molecular formula is C30H42F3N2O2+. The molecule has 4 rings (SSSR count). The molecule has 2 unspecified atom stereocenters. The predicted molar refractivity (Wildman–Crippen MR) is 139 cm³/mol. The van der Waals surface area contributed by atoms with E-state index >= 15 is 0 Å². The lowest BCUT2D eigenvalue weighted by Crippen LogP contribution is -2.47. The van der Waals surface area contributed by atoms with Gasteiger partial charge in [0.25, 0.3) is 0 Å². The first-order valence-corrected chi connectivity index (χ1v) is 13.4. The number of pyridine rings is 2. The van der Waals surface area contributed by atoms with Crippen LogP contribution < -0.4 is 0 Å². The first-order valence-electron chi connectivity index (χ1n) is 13.4. The lowest BCUT2D eigenvalue weighted by atomic mass is 9.59. The second kappa shape index (κ2) is 9.33. The van der Waals surface area contributed by atoms with Crippen LogP contribution in [-0.4, -0.2) is 25.4 Å². The molecule has 0 amide bonds. The third-order valence-electron chi connectivity index (χ3n) is 9.09. The molecule has 4 nitrogen and oxygen atoms in total. The number of rotatable bonds is 5. The van der Waals surface area contributed by atoms with Crippen LogP contribution in [0.25, 0.3) is 0 Å². The highest BCUT2D eigenvalue weighted by Crippen LogP contribution is 2.56. The minimum absolute atomic E-state index is 0.0313. The molecule has 2 heterocycles. The van der Waals surface area contributed by atoms with E-state index in [9.17, 15) is 18.3 Å². The molecule has 2 atom stereocenters. The fourth-order valence-electron chi connectivity index (χ4n) is 5.76. The van der Waals surface area contributed by atoms with Crippen LogP contribution in [0, 0.1) is 17.8 Å². The largest absolute Gasteiger partial charge is 0.423 e. The molecule has 1 fully saturated rings. The second-order valence-corrected chi connectivity index (χ2v) is 13.1. The molecule has 2 aromatic rings. The van der Waals surface area contributed by atoms with Gasteiger partial charge in [0.1, 0.15) is 6.10 Å². The van der Waals surface area contributed by atoms with Crippen LogP contribution in [0.3, 0.4) is 0 Å². The van der Waals surface area contributed by atoms with Crippen LogP contribution in [0.15, 0.2) is 18.3 Å². The smallest absolute Gasteiger partial charge is 0.417 e. The summed E-state index contributed by atoms with van der Waals surface area (Å²) in [7, 11) is 0. The van der Waals surface area contributed by atoms with Crippen molar-refractivity contribution in [3.05, 3.63) is 57.7 Å². The van der Waals surface area contributed by atoms with Gasteiger partial charge in [-0.05, 0) is 55.2 Å². The van der Waals surface area contributed by atoms with Gasteiger partial charge in [-0.3, -0.25) is 9.97 Å². The van der Waals surface area contributed by atoms with Gasteiger partial charge in [-0.15, -0.1) is 0 Å². The average molecular weight is 520 g/mol. The number of hydrogen-bond acceptors (Lipinski definition) is 3. The van der Waals surface area contributed by atoms with Gasteiger partial charge in [0.2, 0.25) is 0 Å². The van der Waals surface area contributed by atoms with Crippen molar-refractivity contribution in [2.24, 2.45) is 10.8 Å². The Kier molecular flexibility index (Phi) is 7.07. The normalized spacial score (nSPS) is 20.6. The van der Waals surface area contributed by atoms with Crippen molar-refractivity contribution in [2.45, 2.75) is 117 Å². The zero-order chi connectivity index (χ0) is 27.6. The Morgan fingerprint density at radius 2 is 1.73 bits per heavy atom. The molecule has 0 aromatic carbocycles. The summed E-state index contributed by atoms with van der Waals surface area (Å²) >= 11 is 0. The van der Waals surface area contributed by atoms with E-state index in [-0.39, 0.29) is 34.1 Å². The summed E-state index contributed by atoms with van der Waals surface area (Å²) in [6, 6.07) is 2.25. The molecule has 2 aromatic heterocycles. The van der Waals surface area contributed by atoms with Gasteiger partial charge in [-0.1, -0.05) is 41.0 Å². The monoisotopic (exact) mass is 519 g/mol. The van der Waals surface area contributed by atoms with E-state index in [0.29, 0.717) is 5.56 Å². The van der Waals surface area contributed by atoms with E-state index in [1.165, 1.54) is 25.3 Å². The standard InChI is InChI=1S/C30H41F3N2O2/c1-17(2)25-24(26(36)20-11-10-19(16-34-20)30(31,32)33)18(3)23-21(35-25)14-29(12-9-13-29)15-22(23)37-28(7,8)27(4,5)6/h10-11,16-17,22,26,36H,9,12-15H2,1-8H3/p+1. The van der Waals surface area contributed by atoms with Gasteiger partial charge in [0, 0.05) is 43.1 Å². The van der Waals surface area contributed by atoms with Gasteiger partial charge in [-0.2, -0.15) is 13.2 Å². The van der Waals surface area contributed by atoms with Gasteiger partial charge in [0.15, 0.2) is 11.7 Å². The van der Waals surface area contributed by atoms with E-state index in [2.05, 4.69) is 39.6 Å². The van der Waals surface area contributed by atoms with E-state index in [1.54, 1.807) is 0 Å². The lowest BCUT2D eigenvalue weighted by Gasteiger charge is -2.49. The number of aliphatic hydroxyl groups is 3. The molecular weight excluding hydrogens is 477 g/mol. The Labute approximate surface area is 219 Å². The van der Waals surface area contributed by atoms with Crippen LogP contribution in [0.5, 0.6) is 0 Å². The third-order valence-corrected chi connectivity index (χ3v) is 9.09. The quantitative estimate of drug-likeness (QED) is 0.416. The van der Waals surface area contributed by atoms with Crippen LogP contribution in [0.4, 0.5) is 13.2 Å². The molecule has 0 aliphatic heterocycles. The van der Waals surface area contributed by atoms with E-state index in [1.807, 2.05) is 20.8 Å². The van der Waals surface area contributed by atoms with E-state index in [4.69, 9.17) is 9.72 Å². The Morgan fingerprint density at radius 1 is 1.08 bits per heavy atom. The van der Waals surface area contributed by atoms with Crippen LogP contribution in [0.2, 0.25) is 0 Å². The number of fused-ring (bicyclic) bond motifs is 1. The van der Waals surface area contributed by atoms with Crippen molar-refractivity contribution in [3.8, 4) is 0 Å². The summed E-state index contributed by atoms with van der Waals surface area (Å²) in [5, 5.41) is 11.5. The maximum absolute atomic E-state index is 13.1. The summed E-state index contributed by atoms with van der Waals surface area (Å²) in [4.78, 5) is 9.18. The molecule has 7 heteroatoms. The highest BCUT2D eigenvalue weighted by molar-refractivity contribution is 5.47. The summed E-state index contributed by atoms with van der Waals surface area (Å²) in [5.41, 5.74) is 3.80. The van der Waals surface area contributed by atoms with Gasteiger partial charge in [-0.25, -0.2) is 0 Å². The third kappa shape index (κ3) is 5.18. The molecule has 0 bridgehead atoms. The fourth-order valence-corrected chi connectivity index (χ4v) is 5.76. The molecule has 0 saturated heterocycles.